The molecule has 3 rings (SSSR count). The quantitative estimate of drug-likeness (QED) is 0.723. The topological polar surface area (TPSA) is 86.4 Å². The number of urea groups is 2. The van der Waals surface area contributed by atoms with Crippen molar-refractivity contribution in [1.29, 1.82) is 0 Å². The Morgan fingerprint density at radius 1 is 1.30 bits per heavy atom. The molecule has 2 heterocycles. The number of rotatable bonds is 4. The summed E-state index contributed by atoms with van der Waals surface area (Å²) in [6, 6.07) is 7.05. The molecule has 0 saturated carbocycles. The molecular weight excluding hydrogens is 386 g/mol. The number of thiazole rings is 1. The van der Waals surface area contributed by atoms with Crippen LogP contribution >= 0.6 is 22.9 Å². The van der Waals surface area contributed by atoms with Crippen molar-refractivity contribution in [2.24, 2.45) is 0 Å². The average molecular weight is 408 g/mol. The Balaban J connectivity index is 1.55. The van der Waals surface area contributed by atoms with Crippen molar-refractivity contribution in [3.05, 3.63) is 45.4 Å². The van der Waals surface area contributed by atoms with Gasteiger partial charge in [0.05, 0.1) is 12.2 Å². The summed E-state index contributed by atoms with van der Waals surface area (Å²) in [4.78, 5) is 31.5. The van der Waals surface area contributed by atoms with Gasteiger partial charge in [0.1, 0.15) is 0 Å². The normalized spacial score (nSPS) is 13.3. The first-order valence-corrected chi connectivity index (χ1v) is 9.93. The lowest BCUT2D eigenvalue weighted by atomic mass is 10.2. The fourth-order valence-corrected chi connectivity index (χ4v) is 3.85. The maximum Gasteiger partial charge on any atom is 0.321 e. The number of carbonyl (C=O) groups excluding carboxylic acids is 2. The van der Waals surface area contributed by atoms with Crippen LogP contribution in [-0.4, -0.2) is 34.5 Å². The zero-order valence-corrected chi connectivity index (χ0v) is 16.8. The molecule has 1 aromatic carbocycles. The van der Waals surface area contributed by atoms with Gasteiger partial charge in [0.2, 0.25) is 0 Å². The van der Waals surface area contributed by atoms with Crippen LogP contribution in [0.4, 0.5) is 14.7 Å². The van der Waals surface area contributed by atoms with E-state index in [1.165, 1.54) is 11.3 Å². The summed E-state index contributed by atoms with van der Waals surface area (Å²) < 4.78 is 0. The van der Waals surface area contributed by atoms with Crippen LogP contribution in [0.1, 0.15) is 30.0 Å². The summed E-state index contributed by atoms with van der Waals surface area (Å²) in [7, 11) is 0. The number of halogens is 1. The molecule has 7 nitrogen and oxygen atoms in total. The van der Waals surface area contributed by atoms with Crippen LogP contribution < -0.4 is 16.0 Å². The third-order valence-electron chi connectivity index (χ3n) is 4.02. The first-order chi connectivity index (χ1) is 12.9. The van der Waals surface area contributed by atoms with Crippen LogP contribution in [0.15, 0.2) is 24.3 Å². The molecular formula is C18H22ClN5O2S. The molecule has 1 aliphatic rings. The summed E-state index contributed by atoms with van der Waals surface area (Å²) in [6.45, 7) is 5.33. The summed E-state index contributed by atoms with van der Waals surface area (Å²) in [5.41, 5.74) is 1.94. The molecule has 0 fully saturated rings. The third-order valence-corrected chi connectivity index (χ3v) is 5.27. The summed E-state index contributed by atoms with van der Waals surface area (Å²) in [5.74, 6) is 0. The number of fused-ring (bicyclic) bond motifs is 1. The molecule has 0 unspecified atom stereocenters. The number of hydrogen-bond acceptors (Lipinski definition) is 4. The van der Waals surface area contributed by atoms with Gasteiger partial charge < -0.3 is 15.5 Å². The lowest BCUT2D eigenvalue weighted by Gasteiger charge is -2.26. The van der Waals surface area contributed by atoms with E-state index in [0.717, 1.165) is 16.1 Å². The highest BCUT2D eigenvalue weighted by molar-refractivity contribution is 7.15. The lowest BCUT2D eigenvalue weighted by molar-refractivity contribution is 0.192. The summed E-state index contributed by atoms with van der Waals surface area (Å²) >= 11 is 7.28. The second-order valence-electron chi connectivity index (χ2n) is 6.60. The molecule has 1 aliphatic heterocycles. The van der Waals surface area contributed by atoms with Crippen LogP contribution in [0.2, 0.25) is 5.02 Å². The number of amides is 4. The van der Waals surface area contributed by atoms with Crippen molar-refractivity contribution < 1.29 is 9.59 Å². The molecule has 0 aliphatic carbocycles. The Hall–Kier alpha value is -2.32. The predicted molar refractivity (Wildman–Crippen MR) is 107 cm³/mol. The first kappa shape index (κ1) is 19.4. The van der Waals surface area contributed by atoms with E-state index in [0.29, 0.717) is 36.2 Å². The van der Waals surface area contributed by atoms with Crippen LogP contribution in [-0.2, 0) is 19.5 Å². The van der Waals surface area contributed by atoms with Gasteiger partial charge in [0.25, 0.3) is 0 Å². The monoisotopic (exact) mass is 407 g/mol. The maximum atomic E-state index is 12.4. The Labute approximate surface area is 167 Å². The van der Waals surface area contributed by atoms with E-state index >= 15 is 0 Å². The second-order valence-corrected chi connectivity index (χ2v) is 8.12. The van der Waals surface area contributed by atoms with E-state index in [9.17, 15) is 9.59 Å². The van der Waals surface area contributed by atoms with Crippen molar-refractivity contribution in [2.75, 3.05) is 11.9 Å². The van der Waals surface area contributed by atoms with Crippen LogP contribution in [0.5, 0.6) is 0 Å². The molecule has 0 radical (unpaired) electrons. The Morgan fingerprint density at radius 3 is 2.74 bits per heavy atom. The molecule has 2 aromatic rings. The van der Waals surface area contributed by atoms with Crippen molar-refractivity contribution >= 4 is 40.1 Å². The standard InChI is InChI=1S/C18H22ClN5O2S/c1-11(2)21-16(25)23-17-22-14-7-8-24(10-15(14)27-17)18(26)20-9-12-3-5-13(19)6-4-12/h3-6,11H,7-10H2,1-2H3,(H,20,26)(H2,21,22,23,25). The molecule has 9 heteroatoms. The van der Waals surface area contributed by atoms with Gasteiger partial charge in [-0.3, -0.25) is 5.32 Å². The van der Waals surface area contributed by atoms with Crippen molar-refractivity contribution in [1.82, 2.24) is 20.5 Å². The van der Waals surface area contributed by atoms with E-state index in [4.69, 9.17) is 11.6 Å². The van der Waals surface area contributed by atoms with Gasteiger partial charge in [0.15, 0.2) is 5.13 Å². The van der Waals surface area contributed by atoms with Gasteiger partial charge in [-0.25, -0.2) is 14.6 Å². The molecule has 4 amide bonds. The van der Waals surface area contributed by atoms with Gasteiger partial charge in [-0.15, -0.1) is 0 Å². The highest BCUT2D eigenvalue weighted by Crippen LogP contribution is 2.28. The number of benzene rings is 1. The summed E-state index contributed by atoms with van der Waals surface area (Å²) in [6.07, 6.45) is 0.674. The van der Waals surface area contributed by atoms with E-state index in [2.05, 4.69) is 20.9 Å². The molecule has 0 spiro atoms. The minimum absolute atomic E-state index is 0.0550. The number of anilines is 1. The zero-order chi connectivity index (χ0) is 19.4. The zero-order valence-electron chi connectivity index (χ0n) is 15.2. The van der Waals surface area contributed by atoms with E-state index in [1.54, 1.807) is 17.0 Å². The molecule has 0 bridgehead atoms. The van der Waals surface area contributed by atoms with Crippen molar-refractivity contribution in [3.63, 3.8) is 0 Å². The average Bonchev–Trinajstić information content (AvgIpc) is 3.01. The van der Waals surface area contributed by atoms with Gasteiger partial charge in [-0.1, -0.05) is 35.1 Å². The third kappa shape index (κ3) is 5.33. The predicted octanol–water partition coefficient (Wildman–Crippen LogP) is 3.59. The van der Waals surface area contributed by atoms with Crippen LogP contribution in [0.3, 0.4) is 0 Å². The van der Waals surface area contributed by atoms with E-state index in [1.807, 2.05) is 26.0 Å². The minimum atomic E-state index is -0.270. The van der Waals surface area contributed by atoms with E-state index < -0.39 is 0 Å². The van der Waals surface area contributed by atoms with Crippen LogP contribution in [0, 0.1) is 0 Å². The van der Waals surface area contributed by atoms with Gasteiger partial charge >= 0.3 is 12.1 Å². The smallest absolute Gasteiger partial charge is 0.321 e. The molecule has 0 saturated heterocycles. The fraction of sp³-hybridized carbons (Fsp3) is 0.389. The summed E-state index contributed by atoms with van der Waals surface area (Å²) in [5, 5.41) is 9.68. The van der Waals surface area contributed by atoms with Gasteiger partial charge in [0, 0.05) is 35.5 Å². The van der Waals surface area contributed by atoms with Gasteiger partial charge in [-0.2, -0.15) is 0 Å². The second kappa shape index (κ2) is 8.58. The molecule has 27 heavy (non-hydrogen) atoms. The highest BCUT2D eigenvalue weighted by Gasteiger charge is 2.24. The molecule has 144 valence electrons. The maximum absolute atomic E-state index is 12.4. The number of aromatic nitrogens is 1. The lowest BCUT2D eigenvalue weighted by Crippen LogP contribution is -2.42. The Bertz CT molecular complexity index is 822. The Kier molecular flexibility index (Phi) is 6.18. The number of nitrogens with one attached hydrogen (secondary N) is 3. The SMILES string of the molecule is CC(C)NC(=O)Nc1nc2c(s1)CN(C(=O)NCc1ccc(Cl)cc1)CC2. The first-order valence-electron chi connectivity index (χ1n) is 8.74. The minimum Gasteiger partial charge on any atom is -0.336 e. The molecule has 1 aromatic heterocycles. The fourth-order valence-electron chi connectivity index (χ4n) is 2.71. The van der Waals surface area contributed by atoms with Crippen molar-refractivity contribution in [3.8, 4) is 0 Å². The number of carbonyl (C=O) groups is 2. The largest absolute Gasteiger partial charge is 0.336 e. The van der Waals surface area contributed by atoms with E-state index in [-0.39, 0.29) is 18.1 Å². The molecule has 0 atom stereocenters. The Morgan fingerprint density at radius 2 is 2.04 bits per heavy atom. The number of nitrogens with zero attached hydrogens (tertiary/aromatic N) is 2. The van der Waals surface area contributed by atoms with Crippen LogP contribution in [0.25, 0.3) is 0 Å². The highest BCUT2D eigenvalue weighted by atomic mass is 35.5. The number of hydrogen-bond donors (Lipinski definition) is 3. The van der Waals surface area contributed by atoms with Gasteiger partial charge in [-0.05, 0) is 31.5 Å². The molecule has 3 N–H and O–H groups in total. The van der Waals surface area contributed by atoms with Crippen molar-refractivity contribution in [2.45, 2.75) is 39.4 Å².